The predicted molar refractivity (Wildman–Crippen MR) is 131 cm³/mol. The first-order valence-electron chi connectivity index (χ1n) is 10.4. The zero-order valence-electron chi connectivity index (χ0n) is 18.3. The molecule has 0 radical (unpaired) electrons. The molecule has 170 valence electrons. The summed E-state index contributed by atoms with van der Waals surface area (Å²) >= 11 is 5.93. The smallest absolute Gasteiger partial charge is 0.286 e. The van der Waals surface area contributed by atoms with E-state index < -0.39 is 10.0 Å². The number of benzene rings is 3. The molecule has 9 heteroatoms. The van der Waals surface area contributed by atoms with Crippen molar-refractivity contribution in [2.75, 3.05) is 10.6 Å². The van der Waals surface area contributed by atoms with E-state index in [9.17, 15) is 8.42 Å². The third kappa shape index (κ3) is 5.53. The second-order valence-electron chi connectivity index (χ2n) is 7.74. The number of halogens is 1. The van der Waals surface area contributed by atoms with Crippen molar-refractivity contribution in [3.63, 3.8) is 0 Å². The molecule has 4 rings (SSSR count). The van der Waals surface area contributed by atoms with E-state index in [1.54, 1.807) is 0 Å². The molecule has 0 bridgehead atoms. The number of nitrogens with zero attached hydrogens (tertiary/aromatic N) is 3. The lowest BCUT2D eigenvalue weighted by molar-refractivity contribution is 0.580. The van der Waals surface area contributed by atoms with Crippen LogP contribution >= 0.6 is 11.6 Å². The molecule has 0 fully saturated rings. The molecule has 0 unspecified atom stereocenters. The lowest BCUT2D eigenvalue weighted by Crippen LogP contribution is -2.18. The SMILES string of the molecule is Cc1ccc(CNc2nc(NCc3ccc(C)cc3)n(S(=O)(=O)c3ccc(Cl)cc3)n2)cc1. The fraction of sp³-hybridized carbons (Fsp3) is 0.167. The molecule has 0 aliphatic rings. The van der Waals surface area contributed by atoms with E-state index in [0.29, 0.717) is 18.1 Å². The van der Waals surface area contributed by atoms with Crippen molar-refractivity contribution in [2.24, 2.45) is 0 Å². The van der Waals surface area contributed by atoms with Crippen molar-refractivity contribution in [3.05, 3.63) is 100 Å². The Morgan fingerprint density at radius 3 is 1.85 bits per heavy atom. The highest BCUT2D eigenvalue weighted by Gasteiger charge is 2.24. The van der Waals surface area contributed by atoms with Crippen LogP contribution in [0.1, 0.15) is 22.3 Å². The van der Waals surface area contributed by atoms with E-state index in [2.05, 4.69) is 20.7 Å². The van der Waals surface area contributed by atoms with Crippen molar-refractivity contribution in [2.45, 2.75) is 31.8 Å². The average Bonchev–Trinajstić information content (AvgIpc) is 3.23. The van der Waals surface area contributed by atoms with E-state index in [-0.39, 0.29) is 16.8 Å². The Bertz CT molecular complexity index is 1330. The molecule has 33 heavy (non-hydrogen) atoms. The van der Waals surface area contributed by atoms with Crippen molar-refractivity contribution in [3.8, 4) is 0 Å². The molecule has 0 atom stereocenters. The number of aryl methyl sites for hydroxylation is 2. The van der Waals surface area contributed by atoms with E-state index in [4.69, 9.17) is 11.6 Å². The van der Waals surface area contributed by atoms with Crippen molar-refractivity contribution in [1.82, 2.24) is 14.2 Å². The van der Waals surface area contributed by atoms with Crippen LogP contribution in [0.4, 0.5) is 11.9 Å². The van der Waals surface area contributed by atoms with Crippen LogP contribution in [-0.2, 0) is 23.1 Å². The van der Waals surface area contributed by atoms with Crippen molar-refractivity contribution < 1.29 is 8.42 Å². The third-order valence-electron chi connectivity index (χ3n) is 5.06. The summed E-state index contributed by atoms with van der Waals surface area (Å²) in [6.45, 7) is 4.89. The second kappa shape index (κ2) is 9.64. The van der Waals surface area contributed by atoms with Gasteiger partial charge < -0.3 is 10.6 Å². The molecule has 0 saturated carbocycles. The van der Waals surface area contributed by atoms with E-state index in [1.165, 1.54) is 24.3 Å². The van der Waals surface area contributed by atoms with Gasteiger partial charge in [0.05, 0.1) is 4.90 Å². The van der Waals surface area contributed by atoms with Gasteiger partial charge in [0.1, 0.15) is 0 Å². The van der Waals surface area contributed by atoms with Crippen LogP contribution in [0.2, 0.25) is 5.02 Å². The van der Waals surface area contributed by atoms with Crippen molar-refractivity contribution in [1.29, 1.82) is 0 Å². The fourth-order valence-electron chi connectivity index (χ4n) is 3.13. The molecular weight excluding hydrogens is 458 g/mol. The fourth-order valence-corrected chi connectivity index (χ4v) is 4.45. The maximum absolute atomic E-state index is 13.3. The normalized spacial score (nSPS) is 11.4. The van der Waals surface area contributed by atoms with Gasteiger partial charge in [0.2, 0.25) is 11.9 Å². The lowest BCUT2D eigenvalue weighted by Gasteiger charge is -2.09. The topological polar surface area (TPSA) is 88.9 Å². The van der Waals surface area contributed by atoms with Gasteiger partial charge in [0.25, 0.3) is 10.0 Å². The van der Waals surface area contributed by atoms with Crippen molar-refractivity contribution >= 4 is 33.5 Å². The van der Waals surface area contributed by atoms with Crippen LogP contribution in [0.3, 0.4) is 0 Å². The Morgan fingerprint density at radius 1 is 0.788 bits per heavy atom. The molecule has 0 amide bonds. The van der Waals surface area contributed by atoms with Gasteiger partial charge in [-0.15, -0.1) is 9.19 Å². The standard InChI is InChI=1S/C24H24ClN5O2S/c1-17-3-7-19(8-4-17)15-26-23-28-24(27-16-20-9-5-18(2)6-10-20)30(29-23)33(31,32)22-13-11-21(25)12-14-22/h3-14H,15-16H2,1-2H3,(H2,26,27,28,29). The molecule has 0 aliphatic heterocycles. The maximum atomic E-state index is 13.3. The number of aromatic nitrogens is 3. The monoisotopic (exact) mass is 481 g/mol. The van der Waals surface area contributed by atoms with Gasteiger partial charge in [-0.1, -0.05) is 71.3 Å². The van der Waals surface area contributed by atoms with Gasteiger partial charge in [-0.25, -0.2) is 0 Å². The molecule has 7 nitrogen and oxygen atoms in total. The summed E-state index contributed by atoms with van der Waals surface area (Å²) in [5.41, 5.74) is 4.34. The number of nitrogens with one attached hydrogen (secondary N) is 2. The van der Waals surface area contributed by atoms with Gasteiger partial charge in [0, 0.05) is 18.1 Å². The second-order valence-corrected chi connectivity index (χ2v) is 9.94. The number of anilines is 2. The maximum Gasteiger partial charge on any atom is 0.286 e. The summed E-state index contributed by atoms with van der Waals surface area (Å²) in [5, 5.41) is 10.9. The summed E-state index contributed by atoms with van der Waals surface area (Å²) in [6.07, 6.45) is 0. The first-order chi connectivity index (χ1) is 15.8. The molecule has 0 saturated heterocycles. The summed E-state index contributed by atoms with van der Waals surface area (Å²) < 4.78 is 27.5. The Kier molecular flexibility index (Phi) is 6.67. The Morgan fingerprint density at radius 2 is 1.30 bits per heavy atom. The summed E-state index contributed by atoms with van der Waals surface area (Å²) in [5.74, 6) is 0.330. The molecule has 0 aliphatic carbocycles. The van der Waals surface area contributed by atoms with Gasteiger partial charge >= 0.3 is 0 Å². The highest BCUT2D eigenvalue weighted by atomic mass is 35.5. The summed E-state index contributed by atoms with van der Waals surface area (Å²) in [7, 11) is -3.98. The molecule has 0 spiro atoms. The first kappa shape index (κ1) is 22.8. The molecule has 4 aromatic rings. The van der Waals surface area contributed by atoms with Crippen LogP contribution in [0, 0.1) is 13.8 Å². The van der Waals surface area contributed by atoms with Crippen LogP contribution < -0.4 is 10.6 Å². The zero-order chi connectivity index (χ0) is 23.4. The van der Waals surface area contributed by atoms with E-state index >= 15 is 0 Å². The van der Waals surface area contributed by atoms with Gasteiger partial charge in [-0.05, 0) is 49.2 Å². The Balaban J connectivity index is 1.62. The summed E-state index contributed by atoms with van der Waals surface area (Å²) in [4.78, 5) is 4.48. The average molecular weight is 482 g/mol. The van der Waals surface area contributed by atoms with Crippen LogP contribution in [0.25, 0.3) is 0 Å². The van der Waals surface area contributed by atoms with Gasteiger partial charge in [-0.3, -0.25) is 0 Å². The van der Waals surface area contributed by atoms with Gasteiger partial charge in [0.15, 0.2) is 0 Å². The molecular formula is C24H24ClN5O2S. The highest BCUT2D eigenvalue weighted by molar-refractivity contribution is 7.90. The molecule has 1 heterocycles. The summed E-state index contributed by atoms with van der Waals surface area (Å²) in [6, 6.07) is 21.9. The highest BCUT2D eigenvalue weighted by Crippen LogP contribution is 2.22. The predicted octanol–water partition coefficient (Wildman–Crippen LogP) is 5.01. The number of rotatable bonds is 8. The zero-order valence-corrected chi connectivity index (χ0v) is 19.9. The molecule has 1 aromatic heterocycles. The molecule has 2 N–H and O–H groups in total. The largest absolute Gasteiger partial charge is 0.349 e. The quantitative estimate of drug-likeness (QED) is 0.367. The minimum absolute atomic E-state index is 0.0697. The van der Waals surface area contributed by atoms with Gasteiger partial charge in [-0.2, -0.15) is 13.4 Å². The van der Waals surface area contributed by atoms with Crippen LogP contribution in [-0.4, -0.2) is 22.6 Å². The van der Waals surface area contributed by atoms with Crippen LogP contribution in [0.15, 0.2) is 77.7 Å². The van der Waals surface area contributed by atoms with Crippen LogP contribution in [0.5, 0.6) is 0 Å². The lowest BCUT2D eigenvalue weighted by atomic mass is 10.1. The number of hydrogen-bond acceptors (Lipinski definition) is 6. The minimum atomic E-state index is -3.98. The Hall–Kier alpha value is -3.36. The molecule has 3 aromatic carbocycles. The van der Waals surface area contributed by atoms with E-state index in [0.717, 1.165) is 26.3 Å². The Labute approximate surface area is 198 Å². The third-order valence-corrected chi connectivity index (χ3v) is 6.89. The number of hydrogen-bond donors (Lipinski definition) is 2. The first-order valence-corrected chi connectivity index (χ1v) is 12.2. The van der Waals surface area contributed by atoms with E-state index in [1.807, 2.05) is 62.4 Å². The minimum Gasteiger partial charge on any atom is -0.349 e.